The first-order valence-electron chi connectivity index (χ1n) is 10.5. The van der Waals surface area contributed by atoms with Gasteiger partial charge in [0.15, 0.2) is 0 Å². The second-order valence-electron chi connectivity index (χ2n) is 8.21. The van der Waals surface area contributed by atoms with Gasteiger partial charge in [0, 0.05) is 23.7 Å². The Balaban J connectivity index is 1.96. The fourth-order valence-corrected chi connectivity index (χ4v) is 3.50. The zero-order valence-electron chi connectivity index (χ0n) is 18.2. The maximum absolute atomic E-state index is 12.5. The van der Waals surface area contributed by atoms with Gasteiger partial charge in [0.05, 0.1) is 0 Å². The number of carboxylic acids is 1. The summed E-state index contributed by atoms with van der Waals surface area (Å²) < 4.78 is 0. The van der Waals surface area contributed by atoms with Gasteiger partial charge in [-0.05, 0) is 58.2 Å². The number of hydrogen-bond donors (Lipinski definition) is 4. The van der Waals surface area contributed by atoms with Crippen molar-refractivity contribution in [3.8, 4) is 0 Å². The number of piperidine rings is 1. The van der Waals surface area contributed by atoms with E-state index in [1.165, 1.54) is 6.92 Å². The molecular formula is C21H33N5O4. The first-order valence-corrected chi connectivity index (χ1v) is 10.5. The molecule has 9 nitrogen and oxygen atoms in total. The Labute approximate surface area is 177 Å². The highest BCUT2D eigenvalue weighted by atomic mass is 16.4. The number of nitrogens with zero attached hydrogens (tertiary/aromatic N) is 2. The molecule has 0 unspecified atom stereocenters. The van der Waals surface area contributed by atoms with Crippen molar-refractivity contribution in [2.24, 2.45) is 5.92 Å². The lowest BCUT2D eigenvalue weighted by Gasteiger charge is -2.23. The quantitative estimate of drug-likeness (QED) is 0.468. The van der Waals surface area contributed by atoms with Crippen LogP contribution in [0.3, 0.4) is 0 Å². The lowest BCUT2D eigenvalue weighted by molar-refractivity contribution is -0.142. The summed E-state index contributed by atoms with van der Waals surface area (Å²) in [6, 6.07) is 0.169. The summed E-state index contributed by atoms with van der Waals surface area (Å²) in [5, 5.41) is 17.5. The molecule has 2 rings (SSSR count). The molecule has 166 valence electrons. The van der Waals surface area contributed by atoms with Crippen LogP contribution in [0.5, 0.6) is 0 Å². The molecule has 30 heavy (non-hydrogen) atoms. The molecule has 0 saturated carbocycles. The van der Waals surface area contributed by atoms with E-state index >= 15 is 0 Å². The van der Waals surface area contributed by atoms with Crippen molar-refractivity contribution >= 4 is 17.8 Å². The van der Waals surface area contributed by atoms with Gasteiger partial charge in [0.25, 0.3) is 0 Å². The molecule has 0 spiro atoms. The summed E-state index contributed by atoms with van der Waals surface area (Å²) in [7, 11) is 0. The highest BCUT2D eigenvalue weighted by molar-refractivity contribution is 5.90. The summed E-state index contributed by atoms with van der Waals surface area (Å²) in [5.41, 5.74) is 1.85. The van der Waals surface area contributed by atoms with E-state index in [-0.39, 0.29) is 18.2 Å². The van der Waals surface area contributed by atoms with Crippen molar-refractivity contribution in [1.29, 1.82) is 0 Å². The zero-order chi connectivity index (χ0) is 22.3. The minimum Gasteiger partial charge on any atom is -0.480 e. The van der Waals surface area contributed by atoms with E-state index in [0.717, 1.165) is 37.3 Å². The first kappa shape index (κ1) is 23.7. The van der Waals surface area contributed by atoms with Gasteiger partial charge in [0.2, 0.25) is 11.8 Å². The summed E-state index contributed by atoms with van der Waals surface area (Å²) in [5.74, 6) is -0.969. The van der Waals surface area contributed by atoms with Crippen molar-refractivity contribution in [2.45, 2.75) is 71.4 Å². The molecule has 2 atom stereocenters. The van der Waals surface area contributed by atoms with Crippen LogP contribution < -0.4 is 16.0 Å². The number of nitrogens with one attached hydrogen (secondary N) is 3. The van der Waals surface area contributed by atoms with E-state index in [0.29, 0.717) is 18.2 Å². The predicted octanol–water partition coefficient (Wildman–Crippen LogP) is 0.915. The van der Waals surface area contributed by atoms with Crippen LogP contribution in [0, 0.1) is 12.8 Å². The van der Waals surface area contributed by atoms with Crippen LogP contribution in [-0.2, 0) is 20.8 Å². The molecule has 1 fully saturated rings. The normalized spacial score (nSPS) is 16.7. The summed E-state index contributed by atoms with van der Waals surface area (Å²) >= 11 is 0. The number of amides is 2. The number of rotatable bonds is 9. The molecule has 0 aliphatic carbocycles. The lowest BCUT2D eigenvalue weighted by atomic mass is 9.93. The Morgan fingerprint density at radius 2 is 1.83 bits per heavy atom. The number of hydrogen-bond acceptors (Lipinski definition) is 6. The molecule has 1 aromatic heterocycles. The van der Waals surface area contributed by atoms with Crippen LogP contribution in [0.25, 0.3) is 0 Å². The molecular weight excluding hydrogens is 386 g/mol. The third kappa shape index (κ3) is 7.05. The number of carboxylic acid groups (broad SMARTS) is 1. The highest BCUT2D eigenvalue weighted by Gasteiger charge is 2.26. The maximum atomic E-state index is 12.5. The Morgan fingerprint density at radius 3 is 2.43 bits per heavy atom. The third-order valence-electron chi connectivity index (χ3n) is 5.27. The molecule has 9 heteroatoms. The fourth-order valence-electron chi connectivity index (χ4n) is 3.50. The molecule has 1 aliphatic heterocycles. The van der Waals surface area contributed by atoms with Gasteiger partial charge in [-0.1, -0.05) is 13.8 Å². The third-order valence-corrected chi connectivity index (χ3v) is 5.27. The van der Waals surface area contributed by atoms with Crippen molar-refractivity contribution in [3.05, 3.63) is 23.3 Å². The average molecular weight is 420 g/mol. The van der Waals surface area contributed by atoms with Crippen molar-refractivity contribution in [1.82, 2.24) is 25.9 Å². The molecule has 4 N–H and O–H groups in total. The van der Waals surface area contributed by atoms with Crippen LogP contribution in [0.4, 0.5) is 0 Å². The lowest BCUT2D eigenvalue weighted by Crippen LogP contribution is -2.53. The van der Waals surface area contributed by atoms with Crippen LogP contribution >= 0.6 is 0 Å². The SMILES string of the molecule is Cc1nc(CCC(=O)N[C@H](C(=O)N[C@@H](C)C(=O)O)C(C)C)cc(C2CCNCC2)n1. The molecule has 1 saturated heterocycles. The van der Waals surface area contributed by atoms with Gasteiger partial charge in [-0.2, -0.15) is 0 Å². The minimum atomic E-state index is -1.12. The van der Waals surface area contributed by atoms with Crippen LogP contribution in [0.15, 0.2) is 6.07 Å². The molecule has 1 aliphatic rings. The van der Waals surface area contributed by atoms with Crippen molar-refractivity contribution in [3.63, 3.8) is 0 Å². The van der Waals surface area contributed by atoms with E-state index in [4.69, 9.17) is 5.11 Å². The molecule has 2 heterocycles. The number of carbonyl (C=O) groups excluding carboxylic acids is 2. The van der Waals surface area contributed by atoms with Gasteiger partial charge in [-0.3, -0.25) is 14.4 Å². The second kappa shape index (κ2) is 11.0. The molecule has 1 aromatic rings. The number of aryl methyl sites for hydroxylation is 2. The summed E-state index contributed by atoms with van der Waals surface area (Å²) in [6.07, 6.45) is 2.71. The zero-order valence-corrected chi connectivity index (χ0v) is 18.2. The summed E-state index contributed by atoms with van der Waals surface area (Å²) in [4.78, 5) is 44.8. The Bertz CT molecular complexity index is 762. The maximum Gasteiger partial charge on any atom is 0.325 e. The van der Waals surface area contributed by atoms with E-state index in [1.807, 2.05) is 13.0 Å². The largest absolute Gasteiger partial charge is 0.480 e. The highest BCUT2D eigenvalue weighted by Crippen LogP contribution is 2.24. The topological polar surface area (TPSA) is 133 Å². The van der Waals surface area contributed by atoms with Gasteiger partial charge in [-0.15, -0.1) is 0 Å². The first-order chi connectivity index (χ1) is 14.2. The summed E-state index contributed by atoms with van der Waals surface area (Å²) in [6.45, 7) is 8.80. The van der Waals surface area contributed by atoms with Crippen LogP contribution in [-0.4, -0.2) is 58.0 Å². The van der Waals surface area contributed by atoms with E-state index in [2.05, 4.69) is 25.9 Å². The van der Waals surface area contributed by atoms with Gasteiger partial charge in [-0.25, -0.2) is 9.97 Å². The van der Waals surface area contributed by atoms with Crippen molar-refractivity contribution < 1.29 is 19.5 Å². The van der Waals surface area contributed by atoms with Gasteiger partial charge >= 0.3 is 5.97 Å². The van der Waals surface area contributed by atoms with E-state index in [1.54, 1.807) is 13.8 Å². The number of aromatic nitrogens is 2. The monoisotopic (exact) mass is 419 g/mol. The van der Waals surface area contributed by atoms with Crippen LogP contribution in [0.1, 0.15) is 63.2 Å². The molecule has 0 bridgehead atoms. The Morgan fingerprint density at radius 1 is 1.17 bits per heavy atom. The van der Waals surface area contributed by atoms with Gasteiger partial charge in [0.1, 0.15) is 17.9 Å². The average Bonchev–Trinajstić information content (AvgIpc) is 2.70. The number of carbonyl (C=O) groups is 3. The molecule has 2 amide bonds. The van der Waals surface area contributed by atoms with Gasteiger partial charge < -0.3 is 21.1 Å². The number of aliphatic carboxylic acids is 1. The molecule has 0 aromatic carbocycles. The Kier molecular flexibility index (Phi) is 8.71. The van der Waals surface area contributed by atoms with Crippen molar-refractivity contribution in [2.75, 3.05) is 13.1 Å². The van der Waals surface area contributed by atoms with E-state index < -0.39 is 24.0 Å². The minimum absolute atomic E-state index is 0.178. The standard InChI is InChI=1S/C21H33N5O4/c1-12(2)19(20(28)23-13(3)21(29)30)26-18(27)6-5-16-11-17(25-14(4)24-16)15-7-9-22-10-8-15/h11-13,15,19,22H,5-10H2,1-4H3,(H,23,28)(H,26,27)(H,29,30)/t13-,19-/m0/s1. The second-order valence-corrected chi connectivity index (χ2v) is 8.21. The smallest absolute Gasteiger partial charge is 0.325 e. The van der Waals surface area contributed by atoms with Crippen LogP contribution in [0.2, 0.25) is 0 Å². The fraction of sp³-hybridized carbons (Fsp3) is 0.667. The Hall–Kier alpha value is -2.55. The van der Waals surface area contributed by atoms with E-state index in [9.17, 15) is 14.4 Å². The predicted molar refractivity (Wildman–Crippen MR) is 112 cm³/mol. The molecule has 0 radical (unpaired) electrons.